The minimum Gasteiger partial charge on any atom is -0.494 e. The summed E-state index contributed by atoms with van der Waals surface area (Å²) in [6.45, 7) is 5.83. The first-order chi connectivity index (χ1) is 14.5. The van der Waals surface area contributed by atoms with Crippen molar-refractivity contribution in [3.8, 4) is 11.5 Å². The van der Waals surface area contributed by atoms with Crippen molar-refractivity contribution >= 4 is 21.8 Å². The number of sulfonamides is 1. The summed E-state index contributed by atoms with van der Waals surface area (Å²) in [5, 5.41) is 0.777. The van der Waals surface area contributed by atoms with Gasteiger partial charge in [0.25, 0.3) is 0 Å². The van der Waals surface area contributed by atoms with Crippen LogP contribution in [0.2, 0.25) is 0 Å². The van der Waals surface area contributed by atoms with E-state index in [-0.39, 0.29) is 4.90 Å². The molecule has 30 heavy (non-hydrogen) atoms. The van der Waals surface area contributed by atoms with Crippen LogP contribution in [0.3, 0.4) is 0 Å². The highest BCUT2D eigenvalue weighted by Gasteiger charge is 2.27. The van der Waals surface area contributed by atoms with Crippen LogP contribution >= 0.6 is 11.8 Å². The molecule has 0 amide bonds. The largest absolute Gasteiger partial charge is 0.494 e. The average molecular weight is 452 g/mol. The van der Waals surface area contributed by atoms with E-state index in [4.69, 9.17) is 9.47 Å². The molecular weight excluding hydrogens is 422 g/mol. The fraction of sp³-hybridized carbons (Fsp3) is 0.476. The molecule has 1 aliphatic heterocycles. The second-order valence-electron chi connectivity index (χ2n) is 7.06. The van der Waals surface area contributed by atoms with Crippen molar-refractivity contribution < 1.29 is 17.9 Å². The lowest BCUT2D eigenvalue weighted by molar-refractivity contribution is 0.222. The van der Waals surface area contributed by atoms with E-state index >= 15 is 0 Å². The van der Waals surface area contributed by atoms with Gasteiger partial charge in [0, 0.05) is 38.1 Å². The number of hydrogen-bond donors (Lipinski definition) is 0. The van der Waals surface area contributed by atoms with E-state index < -0.39 is 10.0 Å². The molecule has 0 aliphatic carbocycles. The summed E-state index contributed by atoms with van der Waals surface area (Å²) in [5.41, 5.74) is 0. The maximum atomic E-state index is 12.7. The summed E-state index contributed by atoms with van der Waals surface area (Å²) in [5.74, 6) is 2.35. The van der Waals surface area contributed by atoms with E-state index in [2.05, 4.69) is 16.8 Å². The van der Waals surface area contributed by atoms with Crippen LogP contribution in [-0.4, -0.2) is 74.8 Å². The number of nitrogens with zero attached hydrogens (tertiary/aromatic N) is 3. The van der Waals surface area contributed by atoms with E-state index in [0.717, 1.165) is 36.0 Å². The van der Waals surface area contributed by atoms with E-state index in [0.29, 0.717) is 32.1 Å². The molecule has 0 radical (unpaired) electrons. The summed E-state index contributed by atoms with van der Waals surface area (Å²) < 4.78 is 38.3. The third-order valence-corrected chi connectivity index (χ3v) is 7.50. The van der Waals surface area contributed by atoms with Gasteiger partial charge in [-0.05, 0) is 49.9 Å². The van der Waals surface area contributed by atoms with Crippen molar-refractivity contribution in [2.45, 2.75) is 23.3 Å². The van der Waals surface area contributed by atoms with Gasteiger partial charge in [-0.2, -0.15) is 4.31 Å². The Morgan fingerprint density at radius 2 is 1.60 bits per heavy atom. The molecule has 0 spiro atoms. The normalized spacial score (nSPS) is 15.8. The van der Waals surface area contributed by atoms with Crippen LogP contribution in [0.5, 0.6) is 11.5 Å². The molecule has 1 aromatic heterocycles. The Kier molecular flexibility index (Phi) is 8.38. The van der Waals surface area contributed by atoms with Crippen LogP contribution in [0, 0.1) is 0 Å². The monoisotopic (exact) mass is 451 g/mol. The predicted octanol–water partition coefficient (Wildman–Crippen LogP) is 2.98. The molecule has 0 bridgehead atoms. The second-order valence-corrected chi connectivity index (χ2v) is 10.1. The number of piperazine rings is 1. The maximum Gasteiger partial charge on any atom is 0.244 e. The fourth-order valence-electron chi connectivity index (χ4n) is 2.94. The van der Waals surface area contributed by atoms with Crippen LogP contribution in [0.4, 0.5) is 0 Å². The predicted molar refractivity (Wildman–Crippen MR) is 119 cm³/mol. The summed E-state index contributed by atoms with van der Waals surface area (Å²) in [6, 6.07) is 11.0. The summed E-state index contributed by atoms with van der Waals surface area (Å²) >= 11 is 1.53. The molecule has 1 fully saturated rings. The Bertz CT molecular complexity index is 881. The molecule has 0 saturated carbocycles. The maximum absolute atomic E-state index is 12.7. The van der Waals surface area contributed by atoms with Gasteiger partial charge < -0.3 is 14.4 Å². The zero-order valence-electron chi connectivity index (χ0n) is 17.5. The molecule has 7 nitrogen and oxygen atoms in total. The minimum absolute atomic E-state index is 0.248. The quantitative estimate of drug-likeness (QED) is 0.406. The molecule has 2 aromatic rings. The van der Waals surface area contributed by atoms with Gasteiger partial charge in [0.1, 0.15) is 16.4 Å². The van der Waals surface area contributed by atoms with E-state index in [9.17, 15) is 8.42 Å². The Balaban J connectivity index is 1.44. The number of hydrogen-bond acceptors (Lipinski definition) is 7. The first kappa shape index (κ1) is 22.9. The number of likely N-dealkylation sites (N-methyl/N-ethyl adjacent to an activating group) is 1. The van der Waals surface area contributed by atoms with Gasteiger partial charge in [-0.3, -0.25) is 0 Å². The molecule has 1 saturated heterocycles. The number of pyridine rings is 1. The van der Waals surface area contributed by atoms with Crippen molar-refractivity contribution in [1.29, 1.82) is 0 Å². The van der Waals surface area contributed by atoms with Crippen LogP contribution in [0.25, 0.3) is 0 Å². The molecule has 1 aliphatic rings. The molecule has 164 valence electrons. The number of aromatic nitrogens is 1. The van der Waals surface area contributed by atoms with E-state index in [1.54, 1.807) is 12.1 Å². The van der Waals surface area contributed by atoms with Crippen LogP contribution in [-0.2, 0) is 10.0 Å². The molecule has 9 heteroatoms. The topological polar surface area (TPSA) is 72.0 Å². The molecule has 3 rings (SSSR count). The third kappa shape index (κ3) is 6.34. The standard InChI is InChI=1S/C21H29N3O4S2/c1-3-14-27-18-4-6-19(7-5-18)28-15-16-29-21-9-8-20(17-22-21)30(25,26)24-12-10-23(2)11-13-24/h4-9,17H,3,10-16H2,1-2H3. The number of rotatable bonds is 10. The summed E-state index contributed by atoms with van der Waals surface area (Å²) in [7, 11) is -1.47. The zero-order valence-corrected chi connectivity index (χ0v) is 19.1. The summed E-state index contributed by atoms with van der Waals surface area (Å²) in [4.78, 5) is 6.69. The van der Waals surface area contributed by atoms with Gasteiger partial charge in [0.15, 0.2) is 0 Å². The van der Waals surface area contributed by atoms with E-state index in [1.165, 1.54) is 22.3 Å². The van der Waals surface area contributed by atoms with Gasteiger partial charge in [-0.15, -0.1) is 11.8 Å². The first-order valence-corrected chi connectivity index (χ1v) is 12.5. The second kappa shape index (κ2) is 11.0. The van der Waals surface area contributed by atoms with Crippen LogP contribution in [0.1, 0.15) is 13.3 Å². The number of benzene rings is 1. The average Bonchev–Trinajstić information content (AvgIpc) is 2.77. The molecule has 0 unspecified atom stereocenters. The first-order valence-electron chi connectivity index (χ1n) is 10.1. The van der Waals surface area contributed by atoms with Gasteiger partial charge in [0.05, 0.1) is 18.2 Å². The lowest BCUT2D eigenvalue weighted by Gasteiger charge is -2.31. The highest BCUT2D eigenvalue weighted by atomic mass is 32.2. The third-order valence-electron chi connectivity index (χ3n) is 4.71. The Hall–Kier alpha value is -1.81. The van der Waals surface area contributed by atoms with Crippen LogP contribution < -0.4 is 9.47 Å². The molecule has 0 N–H and O–H groups in total. The Labute approximate surface area is 183 Å². The van der Waals surface area contributed by atoms with Gasteiger partial charge >= 0.3 is 0 Å². The van der Waals surface area contributed by atoms with Crippen molar-refractivity contribution in [3.63, 3.8) is 0 Å². The Morgan fingerprint density at radius 3 is 2.17 bits per heavy atom. The van der Waals surface area contributed by atoms with Gasteiger partial charge in [-0.1, -0.05) is 6.92 Å². The molecule has 0 atom stereocenters. The smallest absolute Gasteiger partial charge is 0.244 e. The van der Waals surface area contributed by atoms with Crippen molar-refractivity contribution in [3.05, 3.63) is 42.6 Å². The van der Waals surface area contributed by atoms with Crippen molar-refractivity contribution in [2.24, 2.45) is 0 Å². The highest BCUT2D eigenvalue weighted by molar-refractivity contribution is 7.99. The lowest BCUT2D eigenvalue weighted by Crippen LogP contribution is -2.47. The van der Waals surface area contributed by atoms with Crippen LogP contribution in [0.15, 0.2) is 52.5 Å². The highest BCUT2D eigenvalue weighted by Crippen LogP contribution is 2.22. The van der Waals surface area contributed by atoms with E-state index in [1.807, 2.05) is 31.3 Å². The van der Waals surface area contributed by atoms with Crippen molar-refractivity contribution in [2.75, 3.05) is 52.2 Å². The number of thioether (sulfide) groups is 1. The fourth-order valence-corrected chi connectivity index (χ4v) is 4.98. The molecular formula is C21H29N3O4S2. The zero-order chi connectivity index (χ0) is 21.4. The SMILES string of the molecule is CCCOc1ccc(OCCSc2ccc(S(=O)(=O)N3CCN(C)CC3)cn2)cc1. The minimum atomic E-state index is -3.47. The van der Waals surface area contributed by atoms with Gasteiger partial charge in [0.2, 0.25) is 10.0 Å². The lowest BCUT2D eigenvalue weighted by atomic mass is 10.3. The van der Waals surface area contributed by atoms with Gasteiger partial charge in [-0.25, -0.2) is 13.4 Å². The summed E-state index contributed by atoms with van der Waals surface area (Å²) in [6.07, 6.45) is 2.43. The molecule has 2 heterocycles. The Morgan fingerprint density at radius 1 is 0.967 bits per heavy atom. The molecule has 1 aromatic carbocycles. The number of ether oxygens (including phenoxy) is 2. The van der Waals surface area contributed by atoms with Crippen molar-refractivity contribution in [1.82, 2.24) is 14.2 Å².